The standard InChI is InChI=1S/C15H20N4O2/c1-10-18-19-13(21-10)11-6-5-7-12(8-11)17-14(20)16-9-15(2,3)4/h5-8H,9H2,1-4H3,(H2,16,17,20). The van der Waals surface area contributed by atoms with E-state index in [0.717, 1.165) is 5.56 Å². The molecule has 21 heavy (non-hydrogen) atoms. The number of anilines is 1. The molecule has 2 aromatic rings. The van der Waals surface area contributed by atoms with Crippen LogP contribution in [-0.4, -0.2) is 22.8 Å². The summed E-state index contributed by atoms with van der Waals surface area (Å²) in [6.07, 6.45) is 0. The highest BCUT2D eigenvalue weighted by Crippen LogP contribution is 2.21. The van der Waals surface area contributed by atoms with E-state index in [1.807, 2.05) is 18.2 Å². The van der Waals surface area contributed by atoms with E-state index in [-0.39, 0.29) is 11.4 Å². The predicted octanol–water partition coefficient (Wildman–Crippen LogP) is 3.21. The lowest BCUT2D eigenvalue weighted by Crippen LogP contribution is -2.35. The number of carbonyl (C=O) groups excluding carboxylic acids is 1. The Labute approximate surface area is 124 Å². The summed E-state index contributed by atoms with van der Waals surface area (Å²) < 4.78 is 5.37. The van der Waals surface area contributed by atoms with E-state index >= 15 is 0 Å². The average Bonchev–Trinajstić information content (AvgIpc) is 2.83. The van der Waals surface area contributed by atoms with Crippen molar-refractivity contribution in [3.63, 3.8) is 0 Å². The first kappa shape index (κ1) is 15.0. The fourth-order valence-corrected chi connectivity index (χ4v) is 1.66. The second-order valence-electron chi connectivity index (χ2n) is 6.08. The Hall–Kier alpha value is -2.37. The van der Waals surface area contributed by atoms with Gasteiger partial charge < -0.3 is 15.1 Å². The van der Waals surface area contributed by atoms with Gasteiger partial charge in [0.15, 0.2) is 0 Å². The van der Waals surface area contributed by atoms with Crippen molar-refractivity contribution in [3.8, 4) is 11.5 Å². The van der Waals surface area contributed by atoms with Crippen LogP contribution in [0.3, 0.4) is 0 Å². The highest BCUT2D eigenvalue weighted by molar-refractivity contribution is 5.89. The lowest BCUT2D eigenvalue weighted by molar-refractivity contribution is 0.247. The van der Waals surface area contributed by atoms with Crippen LogP contribution in [0, 0.1) is 12.3 Å². The van der Waals surface area contributed by atoms with Crippen molar-refractivity contribution in [2.24, 2.45) is 5.41 Å². The zero-order valence-corrected chi connectivity index (χ0v) is 12.7. The van der Waals surface area contributed by atoms with Crippen LogP contribution >= 0.6 is 0 Å². The monoisotopic (exact) mass is 288 g/mol. The smallest absolute Gasteiger partial charge is 0.319 e. The third-order valence-electron chi connectivity index (χ3n) is 2.67. The summed E-state index contributed by atoms with van der Waals surface area (Å²) in [4.78, 5) is 11.8. The molecule has 6 nitrogen and oxygen atoms in total. The van der Waals surface area contributed by atoms with Crippen LogP contribution in [0.4, 0.5) is 10.5 Å². The van der Waals surface area contributed by atoms with Crippen LogP contribution in [0.25, 0.3) is 11.5 Å². The van der Waals surface area contributed by atoms with Gasteiger partial charge in [-0.05, 0) is 23.6 Å². The van der Waals surface area contributed by atoms with Gasteiger partial charge in [0.1, 0.15) is 0 Å². The predicted molar refractivity (Wildman–Crippen MR) is 80.9 cm³/mol. The van der Waals surface area contributed by atoms with Crippen molar-refractivity contribution in [2.75, 3.05) is 11.9 Å². The molecule has 0 radical (unpaired) electrons. The summed E-state index contributed by atoms with van der Waals surface area (Å²) in [5.41, 5.74) is 1.49. The van der Waals surface area contributed by atoms with Crippen LogP contribution in [0.2, 0.25) is 0 Å². The van der Waals surface area contributed by atoms with Gasteiger partial charge >= 0.3 is 6.03 Å². The number of hydrogen-bond donors (Lipinski definition) is 2. The summed E-state index contributed by atoms with van der Waals surface area (Å²) in [5, 5.41) is 13.4. The first-order chi connectivity index (χ1) is 9.83. The Bertz CT molecular complexity index is 629. The fourth-order valence-electron chi connectivity index (χ4n) is 1.66. The average molecular weight is 288 g/mol. The zero-order valence-electron chi connectivity index (χ0n) is 12.7. The van der Waals surface area contributed by atoms with E-state index in [4.69, 9.17) is 4.42 Å². The maximum Gasteiger partial charge on any atom is 0.319 e. The van der Waals surface area contributed by atoms with Gasteiger partial charge in [-0.25, -0.2) is 4.79 Å². The number of hydrogen-bond acceptors (Lipinski definition) is 4. The van der Waals surface area contributed by atoms with Crippen LogP contribution in [0.1, 0.15) is 26.7 Å². The lowest BCUT2D eigenvalue weighted by Gasteiger charge is -2.19. The molecule has 0 saturated carbocycles. The highest BCUT2D eigenvalue weighted by Gasteiger charge is 2.12. The van der Waals surface area contributed by atoms with Crippen molar-refractivity contribution < 1.29 is 9.21 Å². The summed E-state index contributed by atoms with van der Waals surface area (Å²) in [6.45, 7) is 8.52. The number of aromatic nitrogens is 2. The highest BCUT2D eigenvalue weighted by atomic mass is 16.4. The van der Waals surface area contributed by atoms with Gasteiger partial charge in [-0.1, -0.05) is 26.8 Å². The molecule has 0 unspecified atom stereocenters. The van der Waals surface area contributed by atoms with E-state index in [1.54, 1.807) is 13.0 Å². The van der Waals surface area contributed by atoms with Crippen LogP contribution in [0.15, 0.2) is 28.7 Å². The molecule has 0 bridgehead atoms. The van der Waals surface area contributed by atoms with Gasteiger partial charge in [0.05, 0.1) is 0 Å². The molecule has 2 rings (SSSR count). The van der Waals surface area contributed by atoms with Crippen molar-refractivity contribution in [2.45, 2.75) is 27.7 Å². The molecule has 1 aromatic heterocycles. The molecule has 0 aliphatic carbocycles. The molecular formula is C15H20N4O2. The number of amides is 2. The normalized spacial score (nSPS) is 11.2. The summed E-state index contributed by atoms with van der Waals surface area (Å²) in [5.74, 6) is 0.942. The third kappa shape index (κ3) is 4.59. The van der Waals surface area contributed by atoms with Gasteiger partial charge in [-0.3, -0.25) is 0 Å². The second-order valence-corrected chi connectivity index (χ2v) is 6.08. The molecule has 112 valence electrons. The summed E-state index contributed by atoms with van der Waals surface area (Å²) in [6, 6.07) is 7.05. The number of carbonyl (C=O) groups is 1. The number of benzene rings is 1. The van der Waals surface area contributed by atoms with E-state index in [1.165, 1.54) is 0 Å². The molecule has 0 spiro atoms. The Kier molecular flexibility index (Phi) is 4.26. The zero-order chi connectivity index (χ0) is 15.5. The van der Waals surface area contributed by atoms with Crippen molar-refractivity contribution in [3.05, 3.63) is 30.2 Å². The maximum absolute atomic E-state index is 11.8. The first-order valence-corrected chi connectivity index (χ1v) is 6.79. The summed E-state index contributed by atoms with van der Waals surface area (Å²) >= 11 is 0. The number of rotatable bonds is 3. The minimum atomic E-state index is -0.233. The molecule has 6 heteroatoms. The lowest BCUT2D eigenvalue weighted by atomic mass is 9.97. The molecule has 0 aliphatic heterocycles. The molecular weight excluding hydrogens is 268 g/mol. The molecule has 2 N–H and O–H groups in total. The molecule has 0 saturated heterocycles. The number of aryl methyl sites for hydroxylation is 1. The van der Waals surface area contributed by atoms with E-state index in [9.17, 15) is 4.79 Å². The van der Waals surface area contributed by atoms with Gasteiger partial charge in [0, 0.05) is 24.7 Å². The number of urea groups is 1. The number of nitrogens with zero attached hydrogens (tertiary/aromatic N) is 2. The third-order valence-corrected chi connectivity index (χ3v) is 2.67. The quantitative estimate of drug-likeness (QED) is 0.908. The topological polar surface area (TPSA) is 80.0 Å². The van der Waals surface area contributed by atoms with Gasteiger partial charge in [-0.15, -0.1) is 10.2 Å². The van der Waals surface area contributed by atoms with Gasteiger partial charge in [0.2, 0.25) is 11.8 Å². The molecule has 0 aliphatic rings. The molecule has 1 aromatic carbocycles. The Morgan fingerprint density at radius 1 is 1.29 bits per heavy atom. The Morgan fingerprint density at radius 3 is 2.67 bits per heavy atom. The Morgan fingerprint density at radius 2 is 2.05 bits per heavy atom. The first-order valence-electron chi connectivity index (χ1n) is 6.79. The van der Waals surface area contributed by atoms with E-state index in [0.29, 0.717) is 24.0 Å². The minimum absolute atomic E-state index is 0.0421. The van der Waals surface area contributed by atoms with Crippen LogP contribution in [0.5, 0.6) is 0 Å². The van der Waals surface area contributed by atoms with Crippen molar-refractivity contribution in [1.29, 1.82) is 0 Å². The van der Waals surface area contributed by atoms with Gasteiger partial charge in [-0.2, -0.15) is 0 Å². The van der Waals surface area contributed by atoms with E-state index < -0.39 is 0 Å². The maximum atomic E-state index is 11.8. The SMILES string of the molecule is Cc1nnc(-c2cccc(NC(=O)NCC(C)(C)C)c2)o1. The second kappa shape index (κ2) is 5.95. The molecule has 1 heterocycles. The Balaban J connectivity index is 2.03. The van der Waals surface area contributed by atoms with Crippen LogP contribution in [-0.2, 0) is 0 Å². The molecule has 2 amide bonds. The fraction of sp³-hybridized carbons (Fsp3) is 0.400. The molecule has 0 fully saturated rings. The van der Waals surface area contributed by atoms with Crippen LogP contribution < -0.4 is 10.6 Å². The van der Waals surface area contributed by atoms with E-state index in [2.05, 4.69) is 41.6 Å². The largest absolute Gasteiger partial charge is 0.421 e. The van der Waals surface area contributed by atoms with Gasteiger partial charge in [0.25, 0.3) is 0 Å². The number of nitrogens with one attached hydrogen (secondary N) is 2. The molecule has 0 atom stereocenters. The minimum Gasteiger partial charge on any atom is -0.421 e. The van der Waals surface area contributed by atoms with Crippen molar-refractivity contribution >= 4 is 11.7 Å². The van der Waals surface area contributed by atoms with Crippen molar-refractivity contribution in [1.82, 2.24) is 15.5 Å². The summed E-state index contributed by atoms with van der Waals surface area (Å²) in [7, 11) is 0.